The maximum Gasteiger partial charge on any atom is 0.136 e. The first-order valence-electron chi connectivity index (χ1n) is 7.03. The number of anilines is 2. The third-order valence-corrected chi connectivity index (χ3v) is 3.57. The molecule has 0 bridgehead atoms. The van der Waals surface area contributed by atoms with E-state index in [1.54, 1.807) is 0 Å². The first-order chi connectivity index (χ1) is 9.67. The molecule has 0 aromatic carbocycles. The molecule has 0 aliphatic heterocycles. The molecule has 2 N–H and O–H groups in total. The lowest BCUT2D eigenvalue weighted by atomic mass is 10.2. The second kappa shape index (κ2) is 5.15. The van der Waals surface area contributed by atoms with E-state index in [0.717, 1.165) is 34.5 Å². The highest BCUT2D eigenvalue weighted by Gasteiger charge is 2.28. The van der Waals surface area contributed by atoms with E-state index in [2.05, 4.69) is 20.6 Å². The van der Waals surface area contributed by atoms with Gasteiger partial charge in [-0.05, 0) is 38.8 Å². The molecule has 2 heterocycles. The van der Waals surface area contributed by atoms with Gasteiger partial charge in [0.1, 0.15) is 29.0 Å². The van der Waals surface area contributed by atoms with E-state index in [1.165, 1.54) is 12.8 Å². The van der Waals surface area contributed by atoms with Gasteiger partial charge in [-0.2, -0.15) is 0 Å². The Morgan fingerprint density at radius 3 is 2.55 bits per heavy atom. The van der Waals surface area contributed by atoms with Crippen molar-refractivity contribution in [1.82, 2.24) is 9.97 Å². The van der Waals surface area contributed by atoms with Gasteiger partial charge in [-0.15, -0.1) is 0 Å². The summed E-state index contributed by atoms with van der Waals surface area (Å²) in [6.45, 7) is 4.61. The maximum atomic E-state index is 5.57. The van der Waals surface area contributed by atoms with E-state index < -0.39 is 0 Å². The third-order valence-electron chi connectivity index (χ3n) is 3.57. The summed E-state index contributed by atoms with van der Waals surface area (Å²) in [4.78, 5) is 9.25. The van der Waals surface area contributed by atoms with Crippen molar-refractivity contribution in [3.05, 3.63) is 35.0 Å². The first-order valence-corrected chi connectivity index (χ1v) is 7.03. The minimum atomic E-state index is 0.536. The summed E-state index contributed by atoms with van der Waals surface area (Å²) in [5.41, 5.74) is 1.04. The Kier molecular flexibility index (Phi) is 3.34. The van der Waals surface area contributed by atoms with Crippen molar-refractivity contribution in [3.8, 4) is 0 Å². The molecule has 5 heteroatoms. The molecule has 0 radical (unpaired) electrons. The summed E-state index contributed by atoms with van der Waals surface area (Å²) in [5, 5.41) is 6.50. The van der Waals surface area contributed by atoms with Crippen LogP contribution in [-0.4, -0.2) is 17.0 Å². The minimum absolute atomic E-state index is 0.536. The Labute approximate surface area is 118 Å². The van der Waals surface area contributed by atoms with Crippen LogP contribution in [0.4, 0.5) is 11.6 Å². The Bertz CT molecular complexity index is 616. The number of hydrogen-bond donors (Lipinski definition) is 2. The third kappa shape index (κ3) is 2.61. The molecule has 1 fully saturated rings. The molecule has 0 saturated heterocycles. The molecule has 106 valence electrons. The van der Waals surface area contributed by atoms with Crippen LogP contribution in [0.2, 0.25) is 0 Å². The largest absolute Gasteiger partial charge is 0.465 e. The maximum absolute atomic E-state index is 5.57. The lowest BCUT2D eigenvalue weighted by molar-refractivity contribution is 0.490. The van der Waals surface area contributed by atoms with Crippen LogP contribution in [0.15, 0.2) is 16.5 Å². The molecular formula is C15H20N4O. The van der Waals surface area contributed by atoms with E-state index in [9.17, 15) is 0 Å². The van der Waals surface area contributed by atoms with Crippen molar-refractivity contribution in [2.24, 2.45) is 0 Å². The zero-order valence-corrected chi connectivity index (χ0v) is 12.2. The molecule has 3 rings (SSSR count). The molecule has 0 spiro atoms. The van der Waals surface area contributed by atoms with E-state index in [-0.39, 0.29) is 0 Å². The lowest BCUT2D eigenvalue weighted by Crippen LogP contribution is -2.09. The van der Waals surface area contributed by atoms with Gasteiger partial charge in [0, 0.05) is 18.5 Å². The van der Waals surface area contributed by atoms with Crippen LogP contribution in [0.25, 0.3) is 0 Å². The molecule has 20 heavy (non-hydrogen) atoms. The van der Waals surface area contributed by atoms with Crippen molar-refractivity contribution in [3.63, 3.8) is 0 Å². The average molecular weight is 272 g/mol. The average Bonchev–Trinajstić information content (AvgIpc) is 3.21. The van der Waals surface area contributed by atoms with Crippen LogP contribution in [0, 0.1) is 13.8 Å². The van der Waals surface area contributed by atoms with E-state index in [4.69, 9.17) is 4.42 Å². The Morgan fingerprint density at radius 2 is 1.95 bits per heavy atom. The van der Waals surface area contributed by atoms with Gasteiger partial charge in [0.05, 0.1) is 6.54 Å². The smallest absolute Gasteiger partial charge is 0.136 e. The normalized spacial score (nSPS) is 14.3. The van der Waals surface area contributed by atoms with Gasteiger partial charge in [0.15, 0.2) is 0 Å². The van der Waals surface area contributed by atoms with Gasteiger partial charge in [-0.25, -0.2) is 9.97 Å². The molecule has 0 unspecified atom stereocenters. The Hall–Kier alpha value is -2.04. The summed E-state index contributed by atoms with van der Waals surface area (Å²) in [6.07, 6.45) is 2.39. The number of nitrogens with one attached hydrogen (secondary N) is 2. The highest BCUT2D eigenvalue weighted by molar-refractivity contribution is 5.57. The number of rotatable bonds is 5. The molecule has 2 aromatic rings. The van der Waals surface area contributed by atoms with Crippen LogP contribution in [-0.2, 0) is 6.54 Å². The predicted octanol–water partition coefficient (Wildman–Crippen LogP) is 3.22. The second-order valence-electron chi connectivity index (χ2n) is 5.29. The van der Waals surface area contributed by atoms with Gasteiger partial charge in [-0.1, -0.05) is 0 Å². The van der Waals surface area contributed by atoms with Crippen LogP contribution in [0.5, 0.6) is 0 Å². The fourth-order valence-corrected chi connectivity index (χ4v) is 2.22. The standard InChI is InChI=1S/C15H20N4O/c1-9-4-7-12(20-9)8-17-14-10(2)13(16-3)18-15(19-14)11-5-6-11/h4,7,11H,5-6,8H2,1-3H3,(H2,16,17,18,19). The van der Waals surface area contributed by atoms with Gasteiger partial charge in [-0.3, -0.25) is 0 Å². The number of aromatic nitrogens is 2. The first kappa shape index (κ1) is 13.0. The van der Waals surface area contributed by atoms with Crippen LogP contribution < -0.4 is 10.6 Å². The van der Waals surface area contributed by atoms with Crippen molar-refractivity contribution < 1.29 is 4.42 Å². The predicted molar refractivity (Wildman–Crippen MR) is 79.1 cm³/mol. The van der Waals surface area contributed by atoms with Gasteiger partial charge >= 0.3 is 0 Å². The highest BCUT2D eigenvalue weighted by Crippen LogP contribution is 2.39. The molecule has 5 nitrogen and oxygen atoms in total. The van der Waals surface area contributed by atoms with Crippen LogP contribution in [0.3, 0.4) is 0 Å². The SMILES string of the molecule is CNc1nc(C2CC2)nc(NCc2ccc(C)o2)c1C. The lowest BCUT2D eigenvalue weighted by Gasteiger charge is -2.13. The summed E-state index contributed by atoms with van der Waals surface area (Å²) in [6, 6.07) is 3.96. The summed E-state index contributed by atoms with van der Waals surface area (Å²) >= 11 is 0. The molecule has 0 amide bonds. The molecule has 0 atom stereocenters. The molecule has 1 saturated carbocycles. The van der Waals surface area contributed by atoms with Crippen molar-refractivity contribution in [2.45, 2.75) is 39.2 Å². The van der Waals surface area contributed by atoms with Crippen molar-refractivity contribution in [2.75, 3.05) is 17.7 Å². The topological polar surface area (TPSA) is 63.0 Å². The second-order valence-corrected chi connectivity index (χ2v) is 5.29. The van der Waals surface area contributed by atoms with Crippen LogP contribution in [0.1, 0.15) is 41.7 Å². The van der Waals surface area contributed by atoms with Gasteiger partial charge in [0.2, 0.25) is 0 Å². The summed E-state index contributed by atoms with van der Waals surface area (Å²) < 4.78 is 5.57. The minimum Gasteiger partial charge on any atom is -0.465 e. The van der Waals surface area contributed by atoms with E-state index in [1.807, 2.05) is 33.0 Å². The monoisotopic (exact) mass is 272 g/mol. The van der Waals surface area contributed by atoms with Gasteiger partial charge in [0.25, 0.3) is 0 Å². The fraction of sp³-hybridized carbons (Fsp3) is 0.467. The molecule has 1 aliphatic rings. The fourth-order valence-electron chi connectivity index (χ4n) is 2.22. The van der Waals surface area contributed by atoms with Crippen molar-refractivity contribution in [1.29, 1.82) is 0 Å². The summed E-state index contributed by atoms with van der Waals surface area (Å²) in [5.74, 6) is 5.11. The zero-order chi connectivity index (χ0) is 14.1. The highest BCUT2D eigenvalue weighted by atomic mass is 16.3. The number of furan rings is 1. The molecule has 2 aromatic heterocycles. The van der Waals surface area contributed by atoms with E-state index >= 15 is 0 Å². The number of hydrogen-bond acceptors (Lipinski definition) is 5. The Balaban J connectivity index is 1.81. The van der Waals surface area contributed by atoms with Gasteiger partial charge < -0.3 is 15.1 Å². The number of nitrogens with zero attached hydrogens (tertiary/aromatic N) is 2. The Morgan fingerprint density at radius 1 is 1.20 bits per heavy atom. The summed E-state index contributed by atoms with van der Waals surface area (Å²) in [7, 11) is 1.89. The van der Waals surface area contributed by atoms with E-state index in [0.29, 0.717) is 12.5 Å². The van der Waals surface area contributed by atoms with Crippen LogP contribution >= 0.6 is 0 Å². The van der Waals surface area contributed by atoms with Crippen molar-refractivity contribution >= 4 is 11.6 Å². The molecule has 1 aliphatic carbocycles. The molecular weight excluding hydrogens is 252 g/mol. The zero-order valence-electron chi connectivity index (χ0n) is 12.2. The quantitative estimate of drug-likeness (QED) is 0.875. The number of aryl methyl sites for hydroxylation is 1.